The summed E-state index contributed by atoms with van der Waals surface area (Å²) in [4.78, 5) is 24.7. The van der Waals surface area contributed by atoms with Gasteiger partial charge in [-0.2, -0.15) is 4.31 Å². The fourth-order valence-electron chi connectivity index (χ4n) is 3.67. The Morgan fingerprint density at radius 1 is 1.09 bits per heavy atom. The molecule has 0 bridgehead atoms. The highest BCUT2D eigenvalue weighted by Crippen LogP contribution is 2.25. The van der Waals surface area contributed by atoms with Gasteiger partial charge < -0.3 is 20.1 Å². The average Bonchev–Trinajstić information content (AvgIpc) is 2.84. The Balaban J connectivity index is 1.55. The van der Waals surface area contributed by atoms with E-state index in [1.54, 1.807) is 26.2 Å². The molecule has 1 fully saturated rings. The molecule has 2 aromatic rings. The van der Waals surface area contributed by atoms with Crippen LogP contribution >= 0.6 is 0 Å². The van der Waals surface area contributed by atoms with Crippen molar-refractivity contribution in [2.75, 3.05) is 33.4 Å². The second kappa shape index (κ2) is 11.5. The van der Waals surface area contributed by atoms with E-state index in [1.165, 1.54) is 4.31 Å². The van der Waals surface area contributed by atoms with E-state index in [9.17, 15) is 18.0 Å². The molecule has 1 aliphatic heterocycles. The van der Waals surface area contributed by atoms with Crippen LogP contribution < -0.4 is 15.4 Å². The van der Waals surface area contributed by atoms with Gasteiger partial charge in [-0.15, -0.1) is 0 Å². The number of amides is 2. The smallest absolute Gasteiger partial charge is 0.309 e. The lowest BCUT2D eigenvalue weighted by Gasteiger charge is -2.35. The minimum absolute atomic E-state index is 0.130. The molecule has 1 heterocycles. The molecule has 3 rings (SSSR count). The average molecular weight is 490 g/mol. The van der Waals surface area contributed by atoms with Crippen molar-refractivity contribution in [3.05, 3.63) is 59.2 Å². The van der Waals surface area contributed by atoms with Crippen molar-refractivity contribution in [2.45, 2.75) is 37.8 Å². The minimum Gasteiger partial charge on any atom is -0.497 e. The number of nitrogens with zero attached hydrogens (tertiary/aromatic N) is 1. The molecule has 2 aromatic carbocycles. The number of methoxy groups -OCH3 is 1. The van der Waals surface area contributed by atoms with Crippen LogP contribution in [-0.4, -0.2) is 64.1 Å². The molecule has 2 amide bonds. The highest BCUT2D eigenvalue weighted by Gasteiger charge is 2.35. The van der Waals surface area contributed by atoms with E-state index in [2.05, 4.69) is 10.6 Å². The Labute approximate surface area is 200 Å². The van der Waals surface area contributed by atoms with Gasteiger partial charge in [0.2, 0.25) is 10.0 Å². The van der Waals surface area contributed by atoms with E-state index in [0.717, 1.165) is 16.9 Å². The van der Waals surface area contributed by atoms with Crippen molar-refractivity contribution in [1.82, 2.24) is 14.9 Å². The van der Waals surface area contributed by atoms with Crippen LogP contribution in [-0.2, 0) is 30.8 Å². The molecule has 0 aliphatic carbocycles. The first-order valence-corrected chi connectivity index (χ1v) is 12.6. The van der Waals surface area contributed by atoms with Gasteiger partial charge in [0.05, 0.1) is 25.2 Å². The number of carbonyl (C=O) groups is 2. The zero-order valence-corrected chi connectivity index (χ0v) is 20.5. The lowest BCUT2D eigenvalue weighted by Crippen LogP contribution is -2.53. The van der Waals surface area contributed by atoms with Gasteiger partial charge in [0, 0.05) is 13.1 Å². The van der Waals surface area contributed by atoms with E-state index in [4.69, 9.17) is 9.47 Å². The van der Waals surface area contributed by atoms with Crippen molar-refractivity contribution in [3.8, 4) is 5.75 Å². The maximum absolute atomic E-state index is 13.3. The van der Waals surface area contributed by atoms with Crippen LogP contribution in [0.15, 0.2) is 47.4 Å². The molecular formula is C24H31N3O6S. The molecule has 1 aliphatic rings. The number of sulfonamides is 1. The minimum atomic E-state index is -3.83. The number of aryl methyl sites for hydroxylation is 2. The van der Waals surface area contributed by atoms with Crippen molar-refractivity contribution in [3.63, 3.8) is 0 Å². The first-order valence-electron chi connectivity index (χ1n) is 11.1. The summed E-state index contributed by atoms with van der Waals surface area (Å²) in [6.45, 7) is 4.36. The van der Waals surface area contributed by atoms with Crippen LogP contribution in [0.2, 0.25) is 0 Å². The lowest BCUT2D eigenvalue weighted by atomic mass is 10.1. The summed E-state index contributed by atoms with van der Waals surface area (Å²) in [7, 11) is -2.25. The quantitative estimate of drug-likeness (QED) is 0.544. The molecule has 2 N–H and O–H groups in total. The summed E-state index contributed by atoms with van der Waals surface area (Å²) >= 11 is 0. The van der Waals surface area contributed by atoms with Crippen LogP contribution in [0.5, 0.6) is 5.75 Å². The van der Waals surface area contributed by atoms with E-state index < -0.39 is 28.1 Å². The predicted molar refractivity (Wildman–Crippen MR) is 127 cm³/mol. The molecule has 1 atom stereocenters. The van der Waals surface area contributed by atoms with Gasteiger partial charge in [-0.25, -0.2) is 8.42 Å². The molecule has 0 saturated carbocycles. The first kappa shape index (κ1) is 25.7. The van der Waals surface area contributed by atoms with Gasteiger partial charge in [0.15, 0.2) is 0 Å². The van der Waals surface area contributed by atoms with Gasteiger partial charge in [-0.3, -0.25) is 9.59 Å². The van der Waals surface area contributed by atoms with Gasteiger partial charge in [0.1, 0.15) is 12.0 Å². The van der Waals surface area contributed by atoms with Crippen molar-refractivity contribution in [2.24, 2.45) is 0 Å². The second-order valence-electron chi connectivity index (χ2n) is 8.13. The van der Waals surface area contributed by atoms with Crippen LogP contribution in [0.1, 0.15) is 23.1 Å². The van der Waals surface area contributed by atoms with E-state index in [0.29, 0.717) is 25.0 Å². The van der Waals surface area contributed by atoms with Crippen molar-refractivity contribution >= 4 is 21.8 Å². The highest BCUT2D eigenvalue weighted by molar-refractivity contribution is 7.89. The molecule has 9 nitrogen and oxygen atoms in total. The maximum Gasteiger partial charge on any atom is 0.309 e. The predicted octanol–water partition coefficient (Wildman–Crippen LogP) is 1.52. The summed E-state index contributed by atoms with van der Waals surface area (Å²) in [5, 5.41) is 5.07. The standard InChI is InChI=1S/C24H31N3O6S/c1-17-5-6-18(2)21(15-17)34(30,31)27-13-4-14-33-22(27)16-26-24(29)23(28)25-12-11-19-7-9-20(32-3)10-8-19/h5-10,15,22H,4,11-14,16H2,1-3H3,(H,25,28)(H,26,29)/t22-/m1/s1. The Kier molecular flexibility index (Phi) is 8.65. The number of hydrogen-bond donors (Lipinski definition) is 2. The molecule has 34 heavy (non-hydrogen) atoms. The second-order valence-corrected chi connectivity index (χ2v) is 9.99. The number of benzene rings is 2. The van der Waals surface area contributed by atoms with Crippen LogP contribution in [0.3, 0.4) is 0 Å². The highest BCUT2D eigenvalue weighted by atomic mass is 32.2. The van der Waals surface area contributed by atoms with Crippen LogP contribution in [0, 0.1) is 13.8 Å². The van der Waals surface area contributed by atoms with Gasteiger partial charge in [-0.1, -0.05) is 24.3 Å². The molecule has 0 unspecified atom stereocenters. The van der Waals surface area contributed by atoms with Gasteiger partial charge >= 0.3 is 11.8 Å². The normalized spacial score (nSPS) is 16.6. The zero-order chi connectivity index (χ0) is 24.7. The third-order valence-electron chi connectivity index (χ3n) is 5.59. The van der Waals surface area contributed by atoms with Gasteiger partial charge in [-0.05, 0) is 61.6 Å². The number of hydrogen-bond acceptors (Lipinski definition) is 6. The Morgan fingerprint density at radius 3 is 2.50 bits per heavy atom. The largest absolute Gasteiger partial charge is 0.497 e. The summed E-state index contributed by atoms with van der Waals surface area (Å²) < 4.78 is 38.6. The van der Waals surface area contributed by atoms with E-state index in [1.807, 2.05) is 37.3 Å². The maximum atomic E-state index is 13.3. The fraction of sp³-hybridized carbons (Fsp3) is 0.417. The number of nitrogens with one attached hydrogen (secondary N) is 2. The molecule has 0 spiro atoms. The molecule has 0 radical (unpaired) electrons. The first-order chi connectivity index (χ1) is 16.2. The Bertz CT molecular complexity index is 1120. The summed E-state index contributed by atoms with van der Waals surface area (Å²) in [6, 6.07) is 12.7. The van der Waals surface area contributed by atoms with Crippen LogP contribution in [0.4, 0.5) is 0 Å². The summed E-state index contributed by atoms with van der Waals surface area (Å²) in [5.41, 5.74) is 2.46. The van der Waals surface area contributed by atoms with E-state index in [-0.39, 0.29) is 24.5 Å². The van der Waals surface area contributed by atoms with Crippen molar-refractivity contribution in [1.29, 1.82) is 0 Å². The zero-order valence-electron chi connectivity index (χ0n) is 19.7. The van der Waals surface area contributed by atoms with Crippen molar-refractivity contribution < 1.29 is 27.5 Å². The number of ether oxygens (including phenoxy) is 2. The number of rotatable bonds is 8. The summed E-state index contributed by atoms with van der Waals surface area (Å²) in [5.74, 6) is -0.882. The number of carbonyl (C=O) groups excluding carboxylic acids is 2. The van der Waals surface area contributed by atoms with Gasteiger partial charge in [0.25, 0.3) is 0 Å². The third-order valence-corrected chi connectivity index (χ3v) is 7.62. The third kappa shape index (κ3) is 6.34. The van der Waals surface area contributed by atoms with E-state index >= 15 is 0 Å². The fourth-order valence-corrected chi connectivity index (χ4v) is 5.54. The molecular weight excluding hydrogens is 458 g/mol. The lowest BCUT2D eigenvalue weighted by molar-refractivity contribution is -0.140. The topological polar surface area (TPSA) is 114 Å². The summed E-state index contributed by atoms with van der Waals surface area (Å²) in [6.07, 6.45) is 0.200. The van der Waals surface area contributed by atoms with Crippen LogP contribution in [0.25, 0.3) is 0 Å². The monoisotopic (exact) mass is 489 g/mol. The molecule has 1 saturated heterocycles. The Morgan fingerprint density at radius 2 is 1.79 bits per heavy atom. The molecule has 184 valence electrons. The molecule has 10 heteroatoms. The Hall–Kier alpha value is -2.95. The SMILES string of the molecule is COc1ccc(CCNC(=O)C(=O)NC[C@H]2OCCCN2S(=O)(=O)c2cc(C)ccc2C)cc1. The molecule has 0 aromatic heterocycles.